The Balaban J connectivity index is 1.96. The molecule has 0 atom stereocenters. The largest absolute Gasteiger partial charge is 0.496 e. The van der Waals surface area contributed by atoms with E-state index in [1.807, 2.05) is 6.07 Å². The normalized spacial score (nSPS) is 22.5. The maximum absolute atomic E-state index is 11.2. The summed E-state index contributed by atoms with van der Waals surface area (Å²) in [5, 5.41) is 9.15. The molecule has 0 aromatic heterocycles. The molecule has 1 aromatic carbocycles. The number of rotatable bonds is 5. The smallest absolute Gasteiger partial charge is 0.339 e. The lowest BCUT2D eigenvalue weighted by Gasteiger charge is -2.26. The Morgan fingerprint density at radius 3 is 2.60 bits per heavy atom. The fourth-order valence-electron chi connectivity index (χ4n) is 2.62. The molecule has 0 saturated heterocycles. The Morgan fingerprint density at radius 2 is 2.00 bits per heavy atom. The number of carboxylic acid groups (broad SMARTS) is 1. The van der Waals surface area contributed by atoms with E-state index in [0.717, 1.165) is 24.3 Å². The van der Waals surface area contributed by atoms with E-state index < -0.39 is 5.97 Å². The standard InChI is InChI=1S/C16H22O4/c1-11-3-6-13(7-4-11)20-10-12-5-8-15(19-2)14(9-12)16(17)18/h5,8-9,11,13H,3-4,6-7,10H2,1-2H3,(H,17,18). The first kappa shape index (κ1) is 14.9. The van der Waals surface area contributed by atoms with E-state index in [4.69, 9.17) is 14.6 Å². The average Bonchev–Trinajstić information content (AvgIpc) is 2.46. The highest BCUT2D eigenvalue weighted by Gasteiger charge is 2.19. The van der Waals surface area contributed by atoms with E-state index in [-0.39, 0.29) is 5.56 Å². The monoisotopic (exact) mass is 278 g/mol. The van der Waals surface area contributed by atoms with Gasteiger partial charge in [-0.25, -0.2) is 4.79 Å². The molecule has 110 valence electrons. The highest BCUT2D eigenvalue weighted by molar-refractivity contribution is 5.91. The fraction of sp³-hybridized carbons (Fsp3) is 0.562. The van der Waals surface area contributed by atoms with Gasteiger partial charge in [-0.15, -0.1) is 0 Å². The Morgan fingerprint density at radius 1 is 1.30 bits per heavy atom. The molecule has 1 aliphatic carbocycles. The second-order valence-electron chi connectivity index (χ2n) is 5.53. The van der Waals surface area contributed by atoms with Crippen LogP contribution in [0.5, 0.6) is 5.75 Å². The maximum atomic E-state index is 11.2. The van der Waals surface area contributed by atoms with Crippen LogP contribution in [0.15, 0.2) is 18.2 Å². The third-order valence-corrected chi connectivity index (χ3v) is 3.94. The number of ether oxygens (including phenoxy) is 2. The van der Waals surface area contributed by atoms with Gasteiger partial charge in [-0.1, -0.05) is 13.0 Å². The van der Waals surface area contributed by atoms with Crippen LogP contribution in [0.4, 0.5) is 0 Å². The maximum Gasteiger partial charge on any atom is 0.339 e. The van der Waals surface area contributed by atoms with Gasteiger partial charge in [0, 0.05) is 0 Å². The molecule has 0 spiro atoms. The van der Waals surface area contributed by atoms with Gasteiger partial charge in [0.15, 0.2) is 0 Å². The summed E-state index contributed by atoms with van der Waals surface area (Å²) in [6.07, 6.45) is 4.94. The van der Waals surface area contributed by atoms with Crippen molar-refractivity contribution < 1.29 is 19.4 Å². The molecule has 1 aromatic rings. The summed E-state index contributed by atoms with van der Waals surface area (Å²) < 4.78 is 10.9. The third kappa shape index (κ3) is 3.73. The second-order valence-corrected chi connectivity index (χ2v) is 5.53. The highest BCUT2D eigenvalue weighted by Crippen LogP contribution is 2.27. The lowest BCUT2D eigenvalue weighted by atomic mass is 9.89. The van der Waals surface area contributed by atoms with Crippen molar-refractivity contribution in [3.63, 3.8) is 0 Å². The van der Waals surface area contributed by atoms with E-state index in [1.165, 1.54) is 20.0 Å². The molecule has 0 bridgehead atoms. The van der Waals surface area contributed by atoms with Gasteiger partial charge in [-0.3, -0.25) is 0 Å². The molecule has 2 rings (SSSR count). The zero-order chi connectivity index (χ0) is 14.5. The van der Waals surface area contributed by atoms with Gasteiger partial charge in [-0.05, 0) is 49.3 Å². The minimum atomic E-state index is -0.977. The lowest BCUT2D eigenvalue weighted by Crippen LogP contribution is -2.20. The third-order valence-electron chi connectivity index (χ3n) is 3.94. The minimum Gasteiger partial charge on any atom is -0.496 e. The summed E-state index contributed by atoms with van der Waals surface area (Å²) in [5.74, 6) is 0.206. The Bertz CT molecular complexity index is 462. The van der Waals surface area contributed by atoms with Gasteiger partial charge in [0.1, 0.15) is 11.3 Å². The molecule has 1 fully saturated rings. The zero-order valence-electron chi connectivity index (χ0n) is 12.1. The molecule has 0 heterocycles. The van der Waals surface area contributed by atoms with Crippen molar-refractivity contribution in [1.29, 1.82) is 0 Å². The van der Waals surface area contributed by atoms with Gasteiger partial charge in [-0.2, -0.15) is 0 Å². The van der Waals surface area contributed by atoms with Crippen molar-refractivity contribution in [1.82, 2.24) is 0 Å². The highest BCUT2D eigenvalue weighted by atomic mass is 16.5. The Kier molecular flexibility index (Phi) is 5.01. The lowest BCUT2D eigenvalue weighted by molar-refractivity contribution is 0.00873. The van der Waals surface area contributed by atoms with Gasteiger partial charge < -0.3 is 14.6 Å². The number of carboxylic acids is 1. The average molecular weight is 278 g/mol. The van der Waals surface area contributed by atoms with Gasteiger partial charge >= 0.3 is 5.97 Å². The van der Waals surface area contributed by atoms with Gasteiger partial charge in [0.05, 0.1) is 19.8 Å². The van der Waals surface area contributed by atoms with E-state index >= 15 is 0 Å². The van der Waals surface area contributed by atoms with Crippen LogP contribution in [-0.2, 0) is 11.3 Å². The first-order chi connectivity index (χ1) is 9.60. The molecule has 4 heteroatoms. The van der Waals surface area contributed by atoms with Crippen LogP contribution in [0.25, 0.3) is 0 Å². The molecule has 4 nitrogen and oxygen atoms in total. The summed E-state index contributed by atoms with van der Waals surface area (Å²) in [4.78, 5) is 11.2. The topological polar surface area (TPSA) is 55.8 Å². The quantitative estimate of drug-likeness (QED) is 0.895. The number of carbonyl (C=O) groups is 1. The van der Waals surface area contributed by atoms with E-state index in [9.17, 15) is 4.79 Å². The molecular weight excluding hydrogens is 256 g/mol. The number of methoxy groups -OCH3 is 1. The first-order valence-corrected chi connectivity index (χ1v) is 7.12. The minimum absolute atomic E-state index is 0.186. The summed E-state index contributed by atoms with van der Waals surface area (Å²) in [6.45, 7) is 2.74. The Hall–Kier alpha value is -1.55. The second kappa shape index (κ2) is 6.75. The van der Waals surface area contributed by atoms with Crippen LogP contribution in [0.3, 0.4) is 0 Å². The van der Waals surface area contributed by atoms with Crippen LogP contribution in [0.1, 0.15) is 48.5 Å². The molecule has 0 radical (unpaired) electrons. The van der Waals surface area contributed by atoms with Crippen molar-refractivity contribution in [2.75, 3.05) is 7.11 Å². The molecule has 1 aliphatic rings. The molecule has 0 amide bonds. The SMILES string of the molecule is COc1ccc(COC2CCC(C)CC2)cc1C(=O)O. The number of hydrogen-bond acceptors (Lipinski definition) is 3. The van der Waals surface area contributed by atoms with Crippen molar-refractivity contribution in [2.24, 2.45) is 5.92 Å². The van der Waals surface area contributed by atoms with Crippen molar-refractivity contribution in [2.45, 2.75) is 45.3 Å². The predicted molar refractivity (Wildman–Crippen MR) is 76.2 cm³/mol. The molecular formula is C16H22O4. The van der Waals surface area contributed by atoms with Gasteiger partial charge in [0.25, 0.3) is 0 Å². The number of hydrogen-bond donors (Lipinski definition) is 1. The molecule has 0 unspecified atom stereocenters. The van der Waals surface area contributed by atoms with Crippen molar-refractivity contribution >= 4 is 5.97 Å². The molecule has 20 heavy (non-hydrogen) atoms. The predicted octanol–water partition coefficient (Wildman–Crippen LogP) is 3.49. The fourth-order valence-corrected chi connectivity index (χ4v) is 2.62. The summed E-state index contributed by atoms with van der Waals surface area (Å²) >= 11 is 0. The number of aromatic carboxylic acids is 1. The van der Waals surface area contributed by atoms with Gasteiger partial charge in [0.2, 0.25) is 0 Å². The summed E-state index contributed by atoms with van der Waals surface area (Å²) in [5.41, 5.74) is 1.06. The van der Waals surface area contributed by atoms with Crippen LogP contribution < -0.4 is 4.74 Å². The summed E-state index contributed by atoms with van der Waals surface area (Å²) in [6, 6.07) is 5.18. The molecule has 1 N–H and O–H groups in total. The van der Waals surface area contributed by atoms with E-state index in [0.29, 0.717) is 18.5 Å². The van der Waals surface area contributed by atoms with Crippen LogP contribution >= 0.6 is 0 Å². The number of benzene rings is 1. The molecule has 0 aliphatic heterocycles. The first-order valence-electron chi connectivity index (χ1n) is 7.12. The van der Waals surface area contributed by atoms with E-state index in [2.05, 4.69) is 6.92 Å². The Labute approximate surface area is 119 Å². The van der Waals surface area contributed by atoms with Crippen molar-refractivity contribution in [3.8, 4) is 5.75 Å². The van der Waals surface area contributed by atoms with Crippen LogP contribution in [-0.4, -0.2) is 24.3 Å². The van der Waals surface area contributed by atoms with E-state index in [1.54, 1.807) is 12.1 Å². The van der Waals surface area contributed by atoms with Crippen LogP contribution in [0, 0.1) is 5.92 Å². The zero-order valence-corrected chi connectivity index (χ0v) is 12.1. The van der Waals surface area contributed by atoms with Crippen molar-refractivity contribution in [3.05, 3.63) is 29.3 Å². The van der Waals surface area contributed by atoms with Crippen LogP contribution in [0.2, 0.25) is 0 Å². The molecule has 1 saturated carbocycles. The summed E-state index contributed by atoms with van der Waals surface area (Å²) in [7, 11) is 1.47.